The molecule has 0 bridgehead atoms. The van der Waals surface area contributed by atoms with Gasteiger partial charge in [0.05, 0.1) is 26.1 Å². The molecule has 1 aliphatic rings. The third-order valence-electron chi connectivity index (χ3n) is 7.22. The zero-order valence-corrected chi connectivity index (χ0v) is 24.3. The van der Waals surface area contributed by atoms with E-state index in [2.05, 4.69) is 79.7 Å². The van der Waals surface area contributed by atoms with Crippen LogP contribution in [-0.2, 0) is 24.4 Å². The number of carboxylic acid groups (broad SMARTS) is 1. The number of aliphatic imine (C=N–C) groups is 1. The van der Waals surface area contributed by atoms with Crippen LogP contribution in [0.2, 0.25) is 0 Å². The number of unbranched alkanes of at least 4 members (excludes halogenated alkanes) is 1. The Bertz CT molecular complexity index is 972. The summed E-state index contributed by atoms with van der Waals surface area (Å²) in [5.74, 6) is 1.34. The van der Waals surface area contributed by atoms with Crippen LogP contribution in [-0.4, -0.2) is 106 Å². The van der Waals surface area contributed by atoms with E-state index in [1.165, 1.54) is 24.0 Å². The summed E-state index contributed by atoms with van der Waals surface area (Å²) in [5.41, 5.74) is 2.47. The number of likely N-dealkylation sites (N-methyl/N-ethyl adjacent to an activating group) is 1. The second kappa shape index (κ2) is 17.0. The van der Waals surface area contributed by atoms with Crippen LogP contribution in [0.1, 0.15) is 62.9 Å². The molecule has 0 atom stereocenters. The van der Waals surface area contributed by atoms with Crippen molar-refractivity contribution >= 4 is 11.8 Å². The Balaban J connectivity index is 1.55. The summed E-state index contributed by atoms with van der Waals surface area (Å²) in [6.07, 6.45) is 8.44. The Morgan fingerprint density at radius 1 is 0.897 bits per heavy atom. The van der Waals surface area contributed by atoms with E-state index in [0.29, 0.717) is 6.54 Å². The molecule has 1 aromatic heterocycles. The second-order valence-corrected chi connectivity index (χ2v) is 10.7. The molecule has 1 aliphatic heterocycles. The number of rotatable bonds is 20. The van der Waals surface area contributed by atoms with Gasteiger partial charge in [0.25, 0.3) is 0 Å². The fourth-order valence-electron chi connectivity index (χ4n) is 5.14. The number of H-pyrrole nitrogens is 1. The average molecular weight is 540 g/mol. The van der Waals surface area contributed by atoms with Gasteiger partial charge in [-0.25, -0.2) is 4.98 Å². The van der Waals surface area contributed by atoms with Crippen LogP contribution in [0.15, 0.2) is 41.7 Å². The normalized spacial score (nSPS) is 13.7. The molecule has 9 nitrogen and oxygen atoms in total. The number of aromatic amines is 1. The van der Waals surface area contributed by atoms with Gasteiger partial charge in [-0.05, 0) is 63.0 Å². The van der Waals surface area contributed by atoms with Gasteiger partial charge in [-0.1, -0.05) is 38.1 Å². The van der Waals surface area contributed by atoms with Gasteiger partial charge in [-0.15, -0.1) is 0 Å². The molecule has 0 unspecified atom stereocenters. The summed E-state index contributed by atoms with van der Waals surface area (Å²) in [4.78, 5) is 33.0. The lowest BCUT2D eigenvalue weighted by Gasteiger charge is -2.25. The molecule has 0 amide bonds. The van der Waals surface area contributed by atoms with Gasteiger partial charge in [0.1, 0.15) is 11.7 Å². The Morgan fingerprint density at radius 2 is 1.54 bits per heavy atom. The molecule has 3 rings (SSSR count). The quantitative estimate of drug-likeness (QED) is 0.246. The second-order valence-electron chi connectivity index (χ2n) is 10.7. The van der Waals surface area contributed by atoms with E-state index in [4.69, 9.17) is 0 Å². The molecule has 216 valence electrons. The third kappa shape index (κ3) is 11.5. The number of imidazole rings is 1. The fraction of sp³-hybridized carbons (Fsp3) is 0.633. The molecule has 2 N–H and O–H groups in total. The fourth-order valence-corrected chi connectivity index (χ4v) is 5.14. The van der Waals surface area contributed by atoms with Crippen LogP contribution in [0.5, 0.6) is 0 Å². The zero-order valence-electron chi connectivity index (χ0n) is 24.3. The predicted octanol–water partition coefficient (Wildman–Crippen LogP) is 3.93. The summed E-state index contributed by atoms with van der Waals surface area (Å²) in [5, 5.41) is 9.27. The van der Waals surface area contributed by atoms with Gasteiger partial charge in [0, 0.05) is 45.6 Å². The van der Waals surface area contributed by atoms with Crippen LogP contribution >= 0.6 is 0 Å². The van der Waals surface area contributed by atoms with E-state index in [1.807, 2.05) is 6.20 Å². The number of amidine groups is 1. The summed E-state index contributed by atoms with van der Waals surface area (Å²) < 4.78 is 0. The van der Waals surface area contributed by atoms with Crippen LogP contribution in [0, 0.1) is 0 Å². The zero-order chi connectivity index (χ0) is 27.9. The van der Waals surface area contributed by atoms with E-state index in [-0.39, 0.29) is 6.42 Å². The van der Waals surface area contributed by atoms with Crippen molar-refractivity contribution in [2.75, 3.05) is 59.4 Å². The minimum absolute atomic E-state index is 0.177. The highest BCUT2D eigenvalue weighted by Crippen LogP contribution is 2.14. The van der Waals surface area contributed by atoms with Crippen molar-refractivity contribution in [1.82, 2.24) is 29.6 Å². The van der Waals surface area contributed by atoms with E-state index in [1.54, 1.807) is 6.20 Å². The van der Waals surface area contributed by atoms with Crippen molar-refractivity contribution < 1.29 is 9.90 Å². The van der Waals surface area contributed by atoms with Gasteiger partial charge in [-0.2, -0.15) is 0 Å². The number of hydrogen-bond acceptors (Lipinski definition) is 7. The van der Waals surface area contributed by atoms with Gasteiger partial charge in [0.15, 0.2) is 0 Å². The van der Waals surface area contributed by atoms with E-state index < -0.39 is 5.97 Å². The molecule has 0 saturated carbocycles. The Labute approximate surface area is 234 Å². The average Bonchev–Trinajstić information content (AvgIpc) is 3.58. The van der Waals surface area contributed by atoms with Crippen LogP contribution in [0.25, 0.3) is 0 Å². The maximum atomic E-state index is 11.3. The van der Waals surface area contributed by atoms with E-state index in [0.717, 1.165) is 89.9 Å². The number of aliphatic carboxylic acids is 1. The lowest BCUT2D eigenvalue weighted by Crippen LogP contribution is -2.36. The molecular formula is C30H49N7O2. The number of benzene rings is 1. The van der Waals surface area contributed by atoms with Gasteiger partial charge < -0.3 is 19.9 Å². The first-order valence-corrected chi connectivity index (χ1v) is 14.7. The minimum Gasteiger partial charge on any atom is -0.481 e. The molecule has 2 aromatic rings. The molecule has 39 heavy (non-hydrogen) atoms. The minimum atomic E-state index is -0.735. The highest BCUT2D eigenvalue weighted by Gasteiger charge is 2.18. The van der Waals surface area contributed by atoms with E-state index >= 15 is 0 Å². The monoisotopic (exact) mass is 539 g/mol. The van der Waals surface area contributed by atoms with E-state index in [9.17, 15) is 9.90 Å². The molecule has 9 heteroatoms. The van der Waals surface area contributed by atoms with Crippen LogP contribution in [0.4, 0.5) is 0 Å². The maximum absolute atomic E-state index is 11.3. The first kappa shape index (κ1) is 30.8. The van der Waals surface area contributed by atoms with Crippen LogP contribution in [0.3, 0.4) is 0 Å². The van der Waals surface area contributed by atoms with Crippen molar-refractivity contribution in [2.45, 2.75) is 65.6 Å². The molecule has 0 spiro atoms. The first-order chi connectivity index (χ1) is 19.0. The summed E-state index contributed by atoms with van der Waals surface area (Å²) in [6.45, 7) is 14.4. The number of aromatic nitrogens is 2. The van der Waals surface area contributed by atoms with Crippen LogP contribution < -0.4 is 0 Å². The van der Waals surface area contributed by atoms with Crippen molar-refractivity contribution in [2.24, 2.45) is 4.99 Å². The number of nitrogens with zero attached hydrogens (tertiary/aromatic N) is 6. The molecule has 0 fully saturated rings. The highest BCUT2D eigenvalue weighted by molar-refractivity contribution is 5.85. The number of nitrogens with one attached hydrogen (secondary N) is 1. The molecule has 1 aromatic carbocycles. The van der Waals surface area contributed by atoms with Crippen molar-refractivity contribution in [3.8, 4) is 0 Å². The van der Waals surface area contributed by atoms with Crippen molar-refractivity contribution in [3.63, 3.8) is 0 Å². The van der Waals surface area contributed by atoms with Gasteiger partial charge in [-0.3, -0.25) is 19.6 Å². The summed E-state index contributed by atoms with van der Waals surface area (Å²) >= 11 is 0. The Hall–Kier alpha value is -2.75. The van der Waals surface area contributed by atoms with Crippen molar-refractivity contribution in [1.29, 1.82) is 0 Å². The first-order valence-electron chi connectivity index (χ1n) is 14.7. The molecule has 2 heterocycles. The Kier molecular flexibility index (Phi) is 13.5. The largest absolute Gasteiger partial charge is 0.481 e. The number of hydrogen-bond donors (Lipinski definition) is 2. The van der Waals surface area contributed by atoms with Crippen molar-refractivity contribution in [3.05, 3.63) is 53.6 Å². The standard InChI is InChI=1S/C30H49N7O2/c1-4-16-35(17-5-2)18-6-7-19-36(20-12-30(38)39)22-26-8-10-27(11-9-26)23-37(24-28-31-13-14-32-28)25-29-33-15-21-34(29)3/h8-11,13-14H,4-7,12,15-25H2,1-3H3,(H,31,32)(H,38,39). The smallest absolute Gasteiger partial charge is 0.304 e. The predicted molar refractivity (Wildman–Crippen MR) is 158 cm³/mol. The molecule has 0 aliphatic carbocycles. The lowest BCUT2D eigenvalue weighted by molar-refractivity contribution is -0.137. The van der Waals surface area contributed by atoms with Gasteiger partial charge in [0.2, 0.25) is 0 Å². The Morgan fingerprint density at radius 3 is 2.08 bits per heavy atom. The highest BCUT2D eigenvalue weighted by atomic mass is 16.4. The molecular weight excluding hydrogens is 490 g/mol. The SMILES string of the molecule is CCCN(CCC)CCCCN(CCC(=O)O)Cc1ccc(CN(CC2=NCCN2C)Cc2ncc[nH]2)cc1. The topological polar surface area (TPSA) is 91.3 Å². The number of carboxylic acids is 1. The van der Waals surface area contributed by atoms with Gasteiger partial charge >= 0.3 is 5.97 Å². The lowest BCUT2D eigenvalue weighted by atomic mass is 10.1. The maximum Gasteiger partial charge on any atom is 0.304 e. The number of carbonyl (C=O) groups is 1. The summed E-state index contributed by atoms with van der Waals surface area (Å²) in [7, 11) is 2.11. The third-order valence-corrected chi connectivity index (χ3v) is 7.22. The summed E-state index contributed by atoms with van der Waals surface area (Å²) in [6, 6.07) is 8.79. The molecule has 0 radical (unpaired) electrons. The molecule has 0 saturated heterocycles.